The lowest BCUT2D eigenvalue weighted by Gasteiger charge is -2.14. The van der Waals surface area contributed by atoms with Crippen LogP contribution >= 0.6 is 0 Å². The minimum absolute atomic E-state index is 0.0943. The lowest BCUT2D eigenvalue weighted by molar-refractivity contribution is -0.140. The van der Waals surface area contributed by atoms with Gasteiger partial charge < -0.3 is 14.9 Å². The maximum absolute atomic E-state index is 12.6. The SMILES string of the molecule is CCCCCOc1ccc2cc(S(=O)(=O)NC(CCC(=O)O)C(=O)O)ccc2c1. The molecule has 0 bridgehead atoms. The predicted octanol–water partition coefficient (Wildman–Crippen LogP) is 3.01. The smallest absolute Gasteiger partial charge is 0.321 e. The van der Waals surface area contributed by atoms with Crippen molar-refractivity contribution >= 4 is 32.7 Å². The van der Waals surface area contributed by atoms with Gasteiger partial charge in [-0.1, -0.05) is 31.9 Å². The first kappa shape index (κ1) is 22.6. The van der Waals surface area contributed by atoms with Gasteiger partial charge >= 0.3 is 11.9 Å². The van der Waals surface area contributed by atoms with Crippen molar-refractivity contribution in [3.63, 3.8) is 0 Å². The van der Waals surface area contributed by atoms with Crippen LogP contribution in [0.3, 0.4) is 0 Å². The molecule has 2 aromatic rings. The van der Waals surface area contributed by atoms with Crippen molar-refractivity contribution in [1.82, 2.24) is 4.72 Å². The van der Waals surface area contributed by atoms with Gasteiger partial charge in [0.1, 0.15) is 11.8 Å². The number of ether oxygens (including phenoxy) is 1. The Morgan fingerprint density at radius 1 is 1.07 bits per heavy atom. The first-order valence-corrected chi connectivity index (χ1v) is 10.8. The largest absolute Gasteiger partial charge is 0.494 e. The number of fused-ring (bicyclic) bond motifs is 1. The van der Waals surface area contributed by atoms with Crippen molar-refractivity contribution in [3.8, 4) is 5.75 Å². The van der Waals surface area contributed by atoms with E-state index in [0.29, 0.717) is 17.7 Å². The number of nitrogens with one attached hydrogen (secondary N) is 1. The molecular formula is C20H25NO7S. The number of hydrogen-bond donors (Lipinski definition) is 3. The molecule has 2 rings (SSSR count). The molecule has 0 aliphatic carbocycles. The van der Waals surface area contributed by atoms with Crippen molar-refractivity contribution in [2.45, 2.75) is 50.0 Å². The van der Waals surface area contributed by atoms with E-state index in [-0.39, 0.29) is 11.3 Å². The van der Waals surface area contributed by atoms with E-state index in [2.05, 4.69) is 11.6 Å². The zero-order chi connectivity index (χ0) is 21.4. The summed E-state index contributed by atoms with van der Waals surface area (Å²) in [7, 11) is -4.13. The summed E-state index contributed by atoms with van der Waals surface area (Å²) in [6, 6.07) is 8.23. The molecule has 8 nitrogen and oxygen atoms in total. The summed E-state index contributed by atoms with van der Waals surface area (Å²) in [5.74, 6) is -1.93. The van der Waals surface area contributed by atoms with Gasteiger partial charge in [-0.25, -0.2) is 8.42 Å². The second-order valence-corrected chi connectivity index (χ2v) is 8.38. The maximum Gasteiger partial charge on any atom is 0.321 e. The molecule has 1 atom stereocenters. The molecule has 0 saturated carbocycles. The van der Waals surface area contributed by atoms with Crippen molar-refractivity contribution < 1.29 is 33.0 Å². The fourth-order valence-corrected chi connectivity index (χ4v) is 4.02. The Balaban J connectivity index is 2.16. The molecule has 9 heteroatoms. The summed E-state index contributed by atoms with van der Waals surface area (Å²) in [6.07, 6.45) is 2.34. The fourth-order valence-electron chi connectivity index (χ4n) is 2.76. The Hall–Kier alpha value is -2.65. The van der Waals surface area contributed by atoms with Gasteiger partial charge in [-0.3, -0.25) is 9.59 Å². The molecular weight excluding hydrogens is 398 g/mol. The zero-order valence-corrected chi connectivity index (χ0v) is 16.9. The molecule has 0 aromatic heterocycles. The molecule has 0 fully saturated rings. The highest BCUT2D eigenvalue weighted by molar-refractivity contribution is 7.89. The van der Waals surface area contributed by atoms with Crippen LogP contribution in [0.4, 0.5) is 0 Å². The first-order chi connectivity index (χ1) is 13.7. The number of rotatable bonds is 12. The Labute approximate surface area is 169 Å². The average Bonchev–Trinajstić information content (AvgIpc) is 2.67. The number of carboxylic acid groups (broad SMARTS) is 2. The standard InChI is InChI=1S/C20H25NO7S/c1-2-3-4-11-28-16-7-5-15-13-17(8-6-14(15)12-16)29(26,27)21-18(20(24)25)9-10-19(22)23/h5-8,12-13,18,21H,2-4,9-11H2,1H3,(H,22,23)(H,24,25). The molecule has 29 heavy (non-hydrogen) atoms. The quantitative estimate of drug-likeness (QED) is 0.447. The van der Waals surface area contributed by atoms with Crippen LogP contribution in [0.15, 0.2) is 41.3 Å². The molecule has 0 aliphatic heterocycles. The van der Waals surface area contributed by atoms with Crippen molar-refractivity contribution in [3.05, 3.63) is 36.4 Å². The second kappa shape index (κ2) is 10.2. The summed E-state index contributed by atoms with van der Waals surface area (Å²) in [5, 5.41) is 19.3. The van der Waals surface area contributed by atoms with E-state index < -0.39 is 34.4 Å². The minimum atomic E-state index is -4.13. The van der Waals surface area contributed by atoms with Crippen LogP contribution in [0.1, 0.15) is 39.0 Å². The third-order valence-electron chi connectivity index (χ3n) is 4.35. The highest BCUT2D eigenvalue weighted by Crippen LogP contribution is 2.24. The Bertz CT molecular complexity index is 972. The van der Waals surface area contributed by atoms with Gasteiger partial charge in [-0.15, -0.1) is 0 Å². The maximum atomic E-state index is 12.6. The van der Waals surface area contributed by atoms with Crippen LogP contribution in [0.5, 0.6) is 5.75 Å². The normalized spacial score (nSPS) is 12.6. The summed E-state index contributed by atoms with van der Waals surface area (Å²) >= 11 is 0. The van der Waals surface area contributed by atoms with Gasteiger partial charge in [0.25, 0.3) is 0 Å². The second-order valence-electron chi connectivity index (χ2n) is 6.67. The number of sulfonamides is 1. The van der Waals surface area contributed by atoms with Gasteiger partial charge in [0, 0.05) is 6.42 Å². The molecule has 158 valence electrons. The Morgan fingerprint density at radius 3 is 2.41 bits per heavy atom. The van der Waals surface area contributed by atoms with Crippen LogP contribution in [-0.4, -0.2) is 43.2 Å². The number of carboxylic acids is 2. The van der Waals surface area contributed by atoms with E-state index in [9.17, 15) is 18.0 Å². The van der Waals surface area contributed by atoms with E-state index >= 15 is 0 Å². The molecule has 0 radical (unpaired) electrons. The van der Waals surface area contributed by atoms with E-state index in [1.165, 1.54) is 12.1 Å². The summed E-state index contributed by atoms with van der Waals surface area (Å²) < 4.78 is 32.9. The van der Waals surface area contributed by atoms with Gasteiger partial charge in [-0.05, 0) is 47.9 Å². The monoisotopic (exact) mass is 423 g/mol. The lowest BCUT2D eigenvalue weighted by atomic mass is 10.1. The fraction of sp³-hybridized carbons (Fsp3) is 0.400. The molecule has 0 heterocycles. The van der Waals surface area contributed by atoms with Crippen LogP contribution in [-0.2, 0) is 19.6 Å². The first-order valence-electron chi connectivity index (χ1n) is 9.36. The molecule has 0 aliphatic rings. The number of unbranched alkanes of at least 4 members (excludes halogenated alkanes) is 2. The molecule has 1 unspecified atom stereocenters. The van der Waals surface area contributed by atoms with E-state index in [0.717, 1.165) is 24.6 Å². The van der Waals surface area contributed by atoms with Gasteiger partial charge in [0.2, 0.25) is 10.0 Å². The number of hydrogen-bond acceptors (Lipinski definition) is 5. The molecule has 0 saturated heterocycles. The van der Waals surface area contributed by atoms with Crippen LogP contribution in [0.25, 0.3) is 10.8 Å². The molecule has 0 amide bonds. The van der Waals surface area contributed by atoms with Gasteiger partial charge in [0.15, 0.2) is 0 Å². The molecule has 2 aromatic carbocycles. The van der Waals surface area contributed by atoms with Crippen molar-refractivity contribution in [2.75, 3.05) is 6.61 Å². The van der Waals surface area contributed by atoms with E-state index in [1.807, 2.05) is 6.07 Å². The Kier molecular flexibility index (Phi) is 7.98. The highest BCUT2D eigenvalue weighted by atomic mass is 32.2. The third kappa shape index (κ3) is 6.72. The third-order valence-corrected chi connectivity index (χ3v) is 5.82. The minimum Gasteiger partial charge on any atom is -0.494 e. The predicted molar refractivity (Wildman–Crippen MR) is 108 cm³/mol. The highest BCUT2D eigenvalue weighted by Gasteiger charge is 2.26. The molecule has 3 N–H and O–H groups in total. The zero-order valence-electron chi connectivity index (χ0n) is 16.1. The topological polar surface area (TPSA) is 130 Å². The summed E-state index contributed by atoms with van der Waals surface area (Å²) in [6.45, 7) is 2.73. The number of aliphatic carboxylic acids is 2. The van der Waals surface area contributed by atoms with Crippen LogP contribution < -0.4 is 9.46 Å². The van der Waals surface area contributed by atoms with Crippen molar-refractivity contribution in [1.29, 1.82) is 0 Å². The lowest BCUT2D eigenvalue weighted by Crippen LogP contribution is -2.41. The number of carbonyl (C=O) groups is 2. The summed E-state index contributed by atoms with van der Waals surface area (Å²) in [5.41, 5.74) is 0. The molecule has 0 spiro atoms. The van der Waals surface area contributed by atoms with Crippen LogP contribution in [0.2, 0.25) is 0 Å². The van der Waals surface area contributed by atoms with E-state index in [1.54, 1.807) is 18.2 Å². The number of benzene rings is 2. The van der Waals surface area contributed by atoms with Gasteiger partial charge in [-0.2, -0.15) is 4.72 Å². The van der Waals surface area contributed by atoms with Crippen molar-refractivity contribution in [2.24, 2.45) is 0 Å². The summed E-state index contributed by atoms with van der Waals surface area (Å²) in [4.78, 5) is 21.8. The van der Waals surface area contributed by atoms with E-state index in [4.69, 9.17) is 14.9 Å². The Morgan fingerprint density at radius 2 is 1.76 bits per heavy atom. The average molecular weight is 423 g/mol. The van der Waals surface area contributed by atoms with Gasteiger partial charge in [0.05, 0.1) is 11.5 Å². The van der Waals surface area contributed by atoms with Crippen LogP contribution in [0, 0.1) is 0 Å².